The van der Waals surface area contributed by atoms with Crippen LogP contribution in [0.3, 0.4) is 0 Å². The normalized spacial score (nSPS) is 15.0. The molecule has 0 N–H and O–H groups in total. The molecule has 3 aromatic rings. The Balaban J connectivity index is 1.88. The first-order chi connectivity index (χ1) is 13.9. The summed E-state index contributed by atoms with van der Waals surface area (Å²) in [7, 11) is 2.14. The van der Waals surface area contributed by atoms with Gasteiger partial charge in [0, 0.05) is 25.2 Å². The molecule has 1 radical (unpaired) electrons. The van der Waals surface area contributed by atoms with Crippen LogP contribution in [0.25, 0.3) is 16.7 Å². The smallest absolute Gasteiger partial charge is 0.150 e. The van der Waals surface area contributed by atoms with Gasteiger partial charge in [-0.15, -0.1) is 0 Å². The summed E-state index contributed by atoms with van der Waals surface area (Å²) in [4.78, 5) is 12.0. The van der Waals surface area contributed by atoms with Crippen molar-refractivity contribution >= 4 is 29.6 Å². The number of aromatic nitrogens is 3. The number of benzene rings is 1. The van der Waals surface area contributed by atoms with Crippen molar-refractivity contribution in [3.63, 3.8) is 0 Å². The molecule has 0 aliphatic carbocycles. The second kappa shape index (κ2) is 7.55. The number of rotatable bonds is 3. The minimum Gasteiger partial charge on any atom is -0.356 e. The van der Waals surface area contributed by atoms with Crippen molar-refractivity contribution in [3.8, 4) is 11.8 Å². The Hall–Kier alpha value is -2.81. The highest BCUT2D eigenvalue weighted by Crippen LogP contribution is 2.34. The van der Waals surface area contributed by atoms with E-state index in [1.165, 1.54) is 27.8 Å². The SMILES string of the molecule is C[B]c1cc(C)c(-n2cc(C)c3c(N4CCC(C#N)CC4)nc(C)nc32)c(C)c1. The van der Waals surface area contributed by atoms with Gasteiger partial charge in [-0.1, -0.05) is 24.4 Å². The Kier molecular flexibility index (Phi) is 5.08. The van der Waals surface area contributed by atoms with Gasteiger partial charge in [0.2, 0.25) is 0 Å². The molecule has 1 fully saturated rings. The second-order valence-corrected chi connectivity index (χ2v) is 8.16. The third-order valence-corrected chi connectivity index (χ3v) is 5.99. The molecule has 5 nitrogen and oxygen atoms in total. The van der Waals surface area contributed by atoms with Gasteiger partial charge in [-0.05, 0) is 57.2 Å². The summed E-state index contributed by atoms with van der Waals surface area (Å²) in [6.45, 7) is 12.2. The molecule has 1 saturated heterocycles. The Morgan fingerprint density at radius 2 is 1.69 bits per heavy atom. The first-order valence-electron chi connectivity index (χ1n) is 10.3. The maximum absolute atomic E-state index is 9.23. The number of nitriles is 1. The Morgan fingerprint density at radius 3 is 2.28 bits per heavy atom. The van der Waals surface area contributed by atoms with Crippen molar-refractivity contribution in [1.82, 2.24) is 14.5 Å². The number of anilines is 1. The molecule has 1 aliphatic rings. The predicted octanol–water partition coefficient (Wildman–Crippen LogP) is 3.77. The van der Waals surface area contributed by atoms with Crippen LogP contribution in [0.4, 0.5) is 5.82 Å². The molecule has 0 unspecified atom stereocenters. The fourth-order valence-electron chi connectivity index (χ4n) is 4.55. The zero-order valence-corrected chi connectivity index (χ0v) is 18.0. The van der Waals surface area contributed by atoms with Gasteiger partial charge in [-0.25, -0.2) is 9.97 Å². The number of fused-ring (bicyclic) bond motifs is 1. The minimum absolute atomic E-state index is 0.162. The van der Waals surface area contributed by atoms with E-state index in [0.29, 0.717) is 0 Å². The summed E-state index contributed by atoms with van der Waals surface area (Å²) in [6, 6.07) is 6.87. The molecule has 0 saturated carbocycles. The lowest BCUT2D eigenvalue weighted by Crippen LogP contribution is -2.34. The van der Waals surface area contributed by atoms with E-state index in [4.69, 9.17) is 9.97 Å². The van der Waals surface area contributed by atoms with Gasteiger partial charge < -0.3 is 9.47 Å². The van der Waals surface area contributed by atoms with Crippen molar-refractivity contribution in [2.75, 3.05) is 18.0 Å². The Labute approximate surface area is 173 Å². The molecule has 29 heavy (non-hydrogen) atoms. The van der Waals surface area contributed by atoms with Gasteiger partial charge in [0.05, 0.1) is 17.1 Å². The van der Waals surface area contributed by atoms with Crippen LogP contribution in [0, 0.1) is 44.9 Å². The lowest BCUT2D eigenvalue weighted by atomic mass is 9.72. The molecular formula is C23H27BN5. The molecule has 0 bridgehead atoms. The zero-order valence-electron chi connectivity index (χ0n) is 18.0. The summed E-state index contributed by atoms with van der Waals surface area (Å²) in [5, 5.41) is 10.3. The van der Waals surface area contributed by atoms with E-state index >= 15 is 0 Å². The van der Waals surface area contributed by atoms with E-state index in [1.54, 1.807) is 0 Å². The van der Waals surface area contributed by atoms with Crippen molar-refractivity contribution in [1.29, 1.82) is 5.26 Å². The van der Waals surface area contributed by atoms with Gasteiger partial charge in [-0.2, -0.15) is 5.26 Å². The molecule has 1 aliphatic heterocycles. The van der Waals surface area contributed by atoms with Crippen molar-refractivity contribution in [3.05, 3.63) is 40.8 Å². The van der Waals surface area contributed by atoms with Crippen LogP contribution < -0.4 is 10.4 Å². The molecule has 0 spiro atoms. The van der Waals surface area contributed by atoms with E-state index in [0.717, 1.165) is 48.6 Å². The summed E-state index contributed by atoms with van der Waals surface area (Å²) in [6.07, 6.45) is 3.98. The maximum Gasteiger partial charge on any atom is 0.150 e. The molecule has 0 atom stereocenters. The van der Waals surface area contributed by atoms with Crippen LogP contribution in [0.15, 0.2) is 18.3 Å². The average molecular weight is 384 g/mol. The van der Waals surface area contributed by atoms with Crippen molar-refractivity contribution in [2.45, 2.75) is 47.4 Å². The molecule has 2 aromatic heterocycles. The molecule has 3 heterocycles. The molecule has 6 heteroatoms. The second-order valence-electron chi connectivity index (χ2n) is 8.16. The topological polar surface area (TPSA) is 57.7 Å². The van der Waals surface area contributed by atoms with Crippen LogP contribution >= 0.6 is 0 Å². The van der Waals surface area contributed by atoms with E-state index in [9.17, 15) is 5.26 Å². The van der Waals surface area contributed by atoms with Crippen molar-refractivity contribution in [2.24, 2.45) is 5.92 Å². The Bertz CT molecular complexity index is 1090. The zero-order chi connectivity index (χ0) is 20.7. The van der Waals surface area contributed by atoms with E-state index in [1.807, 2.05) is 6.92 Å². The Morgan fingerprint density at radius 1 is 1.03 bits per heavy atom. The number of piperidine rings is 1. The molecule has 0 amide bonds. The standard InChI is InChI=1S/C23H27BN5/c1-14-10-19(24-5)11-15(2)21(14)29-13-16(3)20-22(26-17(4)27-23(20)29)28-8-6-18(12-25)7-9-28/h10-11,13,18H,6-9H2,1-5H3. The molecular weight excluding hydrogens is 357 g/mol. The summed E-state index contributed by atoms with van der Waals surface area (Å²) < 4.78 is 2.23. The first kappa shape index (κ1) is 19.5. The number of nitrogens with zero attached hydrogens (tertiary/aromatic N) is 5. The van der Waals surface area contributed by atoms with Crippen LogP contribution in [-0.2, 0) is 0 Å². The highest BCUT2D eigenvalue weighted by molar-refractivity contribution is 6.52. The lowest BCUT2D eigenvalue weighted by Gasteiger charge is -2.30. The largest absolute Gasteiger partial charge is 0.356 e. The molecule has 147 valence electrons. The van der Waals surface area contributed by atoms with Crippen LogP contribution in [0.2, 0.25) is 6.82 Å². The van der Waals surface area contributed by atoms with Crippen molar-refractivity contribution < 1.29 is 0 Å². The van der Waals surface area contributed by atoms with Gasteiger partial charge in [0.1, 0.15) is 18.9 Å². The third kappa shape index (κ3) is 3.39. The number of hydrogen-bond donors (Lipinski definition) is 0. The summed E-state index contributed by atoms with van der Waals surface area (Å²) in [5.74, 6) is 1.95. The third-order valence-electron chi connectivity index (χ3n) is 5.99. The highest BCUT2D eigenvalue weighted by Gasteiger charge is 2.24. The van der Waals surface area contributed by atoms with E-state index < -0.39 is 0 Å². The fraction of sp³-hybridized carbons (Fsp3) is 0.435. The van der Waals surface area contributed by atoms with Crippen LogP contribution in [0.5, 0.6) is 0 Å². The quantitative estimate of drug-likeness (QED) is 0.645. The number of aryl methyl sites for hydroxylation is 4. The van der Waals surface area contributed by atoms with Gasteiger partial charge >= 0.3 is 0 Å². The summed E-state index contributed by atoms with van der Waals surface area (Å²) in [5.41, 5.74) is 7.06. The molecule has 4 rings (SSSR count). The number of hydrogen-bond acceptors (Lipinski definition) is 4. The van der Waals surface area contributed by atoms with E-state index in [-0.39, 0.29) is 5.92 Å². The van der Waals surface area contributed by atoms with Gasteiger partial charge in [-0.3, -0.25) is 0 Å². The van der Waals surface area contributed by atoms with Gasteiger partial charge in [0.15, 0.2) is 5.65 Å². The highest BCUT2D eigenvalue weighted by atomic mass is 15.2. The maximum atomic E-state index is 9.23. The minimum atomic E-state index is 0.162. The lowest BCUT2D eigenvalue weighted by molar-refractivity contribution is 0.485. The fourth-order valence-corrected chi connectivity index (χ4v) is 4.55. The summed E-state index contributed by atoms with van der Waals surface area (Å²) >= 11 is 0. The van der Waals surface area contributed by atoms with Crippen LogP contribution in [0.1, 0.15) is 35.4 Å². The predicted molar refractivity (Wildman–Crippen MR) is 120 cm³/mol. The van der Waals surface area contributed by atoms with Gasteiger partial charge in [0.25, 0.3) is 0 Å². The average Bonchev–Trinajstić information content (AvgIpc) is 3.02. The molecule has 1 aromatic carbocycles. The monoisotopic (exact) mass is 384 g/mol. The first-order valence-corrected chi connectivity index (χ1v) is 10.3. The van der Waals surface area contributed by atoms with Crippen LogP contribution in [-0.4, -0.2) is 34.9 Å². The van der Waals surface area contributed by atoms with E-state index in [2.05, 4.69) is 68.7 Å².